The van der Waals surface area contributed by atoms with Gasteiger partial charge >= 0.3 is 0 Å². The Hall–Kier alpha value is -0.0800. The summed E-state index contributed by atoms with van der Waals surface area (Å²) in [6.45, 7) is 2.17. The standard InChI is InChI=1S/C10H19NO/c1-7-6-10(12)8-4-2-3-5-9(8)11-7/h7-12H,2-6H2,1H3/t7-,8+,9-,10-/m1/s1. The summed E-state index contributed by atoms with van der Waals surface area (Å²) in [6, 6.07) is 1.12. The van der Waals surface area contributed by atoms with Gasteiger partial charge in [-0.05, 0) is 26.2 Å². The maximum absolute atomic E-state index is 9.83. The van der Waals surface area contributed by atoms with Crippen LogP contribution in [0, 0.1) is 5.92 Å². The lowest BCUT2D eigenvalue weighted by molar-refractivity contribution is 0.0163. The van der Waals surface area contributed by atoms with Crippen molar-refractivity contribution in [3.05, 3.63) is 0 Å². The Morgan fingerprint density at radius 1 is 1.25 bits per heavy atom. The zero-order valence-electron chi connectivity index (χ0n) is 7.79. The number of aliphatic hydroxyl groups excluding tert-OH is 1. The maximum atomic E-state index is 9.83. The fraction of sp³-hybridized carbons (Fsp3) is 1.00. The monoisotopic (exact) mass is 169 g/mol. The number of nitrogens with one attached hydrogen (secondary N) is 1. The Bertz CT molecular complexity index is 160. The van der Waals surface area contributed by atoms with E-state index < -0.39 is 0 Å². The lowest BCUT2D eigenvalue weighted by Gasteiger charge is -2.42. The van der Waals surface area contributed by atoms with Crippen molar-refractivity contribution in [3.63, 3.8) is 0 Å². The number of aliphatic hydroxyl groups is 1. The maximum Gasteiger partial charge on any atom is 0.0598 e. The Morgan fingerprint density at radius 2 is 2.00 bits per heavy atom. The summed E-state index contributed by atoms with van der Waals surface area (Å²) in [7, 11) is 0. The smallest absolute Gasteiger partial charge is 0.0598 e. The van der Waals surface area contributed by atoms with E-state index in [0.29, 0.717) is 18.0 Å². The normalized spacial score (nSPS) is 48.5. The van der Waals surface area contributed by atoms with Crippen LogP contribution in [0.1, 0.15) is 39.0 Å². The molecular formula is C10H19NO. The average Bonchev–Trinajstić information content (AvgIpc) is 2.04. The first-order chi connectivity index (χ1) is 5.77. The summed E-state index contributed by atoms with van der Waals surface area (Å²) >= 11 is 0. The third kappa shape index (κ3) is 1.50. The van der Waals surface area contributed by atoms with Crippen LogP contribution in [0.4, 0.5) is 0 Å². The van der Waals surface area contributed by atoms with Crippen molar-refractivity contribution in [2.75, 3.05) is 0 Å². The van der Waals surface area contributed by atoms with Gasteiger partial charge in [-0.25, -0.2) is 0 Å². The second-order valence-electron chi connectivity index (χ2n) is 4.43. The molecule has 1 aliphatic heterocycles. The van der Waals surface area contributed by atoms with E-state index >= 15 is 0 Å². The van der Waals surface area contributed by atoms with E-state index in [0.717, 1.165) is 6.42 Å². The minimum absolute atomic E-state index is 0.0356. The summed E-state index contributed by atoms with van der Waals surface area (Å²) in [5.41, 5.74) is 0. The van der Waals surface area contributed by atoms with Crippen LogP contribution in [0.15, 0.2) is 0 Å². The van der Waals surface area contributed by atoms with Crippen LogP contribution in [0.25, 0.3) is 0 Å². The second-order valence-corrected chi connectivity index (χ2v) is 4.43. The molecule has 1 heterocycles. The molecule has 2 aliphatic rings. The topological polar surface area (TPSA) is 32.3 Å². The van der Waals surface area contributed by atoms with Crippen molar-refractivity contribution < 1.29 is 5.11 Å². The van der Waals surface area contributed by atoms with Crippen molar-refractivity contribution >= 4 is 0 Å². The summed E-state index contributed by atoms with van der Waals surface area (Å²) in [6.07, 6.45) is 6.06. The van der Waals surface area contributed by atoms with Crippen molar-refractivity contribution in [1.82, 2.24) is 5.32 Å². The fourth-order valence-corrected chi connectivity index (χ4v) is 2.80. The fourth-order valence-electron chi connectivity index (χ4n) is 2.80. The summed E-state index contributed by atoms with van der Waals surface area (Å²) in [5, 5.41) is 13.4. The highest BCUT2D eigenvalue weighted by atomic mass is 16.3. The molecule has 12 heavy (non-hydrogen) atoms. The van der Waals surface area contributed by atoms with E-state index in [-0.39, 0.29) is 6.10 Å². The molecule has 70 valence electrons. The first-order valence-corrected chi connectivity index (χ1v) is 5.21. The van der Waals surface area contributed by atoms with Crippen molar-refractivity contribution in [2.24, 2.45) is 5.92 Å². The van der Waals surface area contributed by atoms with Gasteiger partial charge < -0.3 is 10.4 Å². The molecule has 0 aromatic carbocycles. The van der Waals surface area contributed by atoms with Gasteiger partial charge in [0.25, 0.3) is 0 Å². The highest BCUT2D eigenvalue weighted by molar-refractivity contribution is 4.92. The van der Waals surface area contributed by atoms with Crippen molar-refractivity contribution in [2.45, 2.75) is 57.2 Å². The average molecular weight is 169 g/mol. The SMILES string of the molecule is C[C@@H]1C[C@@H](O)[C@H]2CCCC[C@H]2N1. The van der Waals surface area contributed by atoms with Gasteiger partial charge in [-0.2, -0.15) is 0 Å². The highest BCUT2D eigenvalue weighted by Gasteiger charge is 2.35. The molecule has 1 saturated heterocycles. The lowest BCUT2D eigenvalue weighted by Crippen LogP contribution is -2.53. The molecule has 0 aromatic heterocycles. The van der Waals surface area contributed by atoms with Gasteiger partial charge in [0.1, 0.15) is 0 Å². The van der Waals surface area contributed by atoms with E-state index in [2.05, 4.69) is 12.2 Å². The van der Waals surface area contributed by atoms with Gasteiger partial charge in [0.05, 0.1) is 6.10 Å². The molecular weight excluding hydrogens is 150 g/mol. The van der Waals surface area contributed by atoms with Crippen LogP contribution in [0.2, 0.25) is 0 Å². The van der Waals surface area contributed by atoms with E-state index in [4.69, 9.17) is 0 Å². The van der Waals surface area contributed by atoms with Crippen molar-refractivity contribution in [1.29, 1.82) is 0 Å². The van der Waals surface area contributed by atoms with E-state index in [1.165, 1.54) is 25.7 Å². The van der Waals surface area contributed by atoms with Crippen LogP contribution in [0.3, 0.4) is 0 Å². The Morgan fingerprint density at radius 3 is 2.83 bits per heavy atom. The van der Waals surface area contributed by atoms with Gasteiger partial charge in [-0.15, -0.1) is 0 Å². The highest BCUT2D eigenvalue weighted by Crippen LogP contribution is 2.32. The largest absolute Gasteiger partial charge is 0.393 e. The van der Waals surface area contributed by atoms with Gasteiger partial charge in [0.2, 0.25) is 0 Å². The van der Waals surface area contributed by atoms with Gasteiger partial charge in [0, 0.05) is 18.0 Å². The minimum atomic E-state index is -0.0356. The molecule has 2 rings (SSSR count). The van der Waals surface area contributed by atoms with Crippen LogP contribution in [-0.2, 0) is 0 Å². The summed E-state index contributed by atoms with van der Waals surface area (Å²) in [5.74, 6) is 0.551. The molecule has 2 fully saturated rings. The van der Waals surface area contributed by atoms with Crippen LogP contribution in [-0.4, -0.2) is 23.3 Å². The van der Waals surface area contributed by atoms with Gasteiger partial charge in [-0.3, -0.25) is 0 Å². The third-order valence-electron chi connectivity index (χ3n) is 3.41. The molecule has 0 unspecified atom stereocenters. The Balaban J connectivity index is 2.01. The molecule has 0 bridgehead atoms. The number of rotatable bonds is 0. The number of hydrogen-bond acceptors (Lipinski definition) is 2. The molecule has 4 atom stereocenters. The molecule has 1 aliphatic carbocycles. The van der Waals surface area contributed by atoms with Gasteiger partial charge in [0.15, 0.2) is 0 Å². The molecule has 2 N–H and O–H groups in total. The quantitative estimate of drug-likeness (QED) is 0.572. The Kier molecular flexibility index (Phi) is 2.37. The minimum Gasteiger partial charge on any atom is -0.393 e. The van der Waals surface area contributed by atoms with Crippen molar-refractivity contribution in [3.8, 4) is 0 Å². The molecule has 0 radical (unpaired) electrons. The zero-order valence-corrected chi connectivity index (χ0v) is 7.79. The summed E-state index contributed by atoms with van der Waals surface area (Å²) in [4.78, 5) is 0. The number of piperidine rings is 1. The first kappa shape index (κ1) is 8.52. The van der Waals surface area contributed by atoms with Crippen LogP contribution >= 0.6 is 0 Å². The second kappa shape index (κ2) is 3.35. The number of fused-ring (bicyclic) bond motifs is 1. The zero-order chi connectivity index (χ0) is 8.55. The number of hydrogen-bond donors (Lipinski definition) is 2. The van der Waals surface area contributed by atoms with E-state index in [9.17, 15) is 5.11 Å². The molecule has 1 saturated carbocycles. The molecule has 0 aromatic rings. The van der Waals surface area contributed by atoms with Crippen LogP contribution in [0.5, 0.6) is 0 Å². The summed E-state index contributed by atoms with van der Waals surface area (Å²) < 4.78 is 0. The predicted octanol–water partition coefficient (Wildman–Crippen LogP) is 1.29. The molecule has 2 heteroatoms. The molecule has 2 nitrogen and oxygen atoms in total. The third-order valence-corrected chi connectivity index (χ3v) is 3.41. The van der Waals surface area contributed by atoms with Gasteiger partial charge in [-0.1, -0.05) is 12.8 Å². The predicted molar refractivity (Wildman–Crippen MR) is 49.0 cm³/mol. The van der Waals surface area contributed by atoms with E-state index in [1.807, 2.05) is 0 Å². The lowest BCUT2D eigenvalue weighted by atomic mass is 9.76. The Labute approximate surface area is 74.4 Å². The van der Waals surface area contributed by atoms with E-state index in [1.54, 1.807) is 0 Å². The first-order valence-electron chi connectivity index (χ1n) is 5.21. The molecule has 0 spiro atoms. The molecule has 0 amide bonds. The van der Waals surface area contributed by atoms with Crippen LogP contribution < -0.4 is 5.32 Å².